The summed E-state index contributed by atoms with van der Waals surface area (Å²) in [4.78, 5) is 20.3. The quantitative estimate of drug-likeness (QED) is 0.448. The van der Waals surface area contributed by atoms with E-state index in [1.807, 2.05) is 0 Å². The average Bonchev–Trinajstić information content (AvgIpc) is 2.37. The molecule has 2 unspecified atom stereocenters. The minimum Gasteiger partial charge on any atom is -0.481 e. The fourth-order valence-corrected chi connectivity index (χ4v) is 0.333. The van der Waals surface area contributed by atoms with Crippen molar-refractivity contribution < 1.29 is 48.6 Å². The van der Waals surface area contributed by atoms with Crippen molar-refractivity contribution in [2.45, 2.75) is 35.1 Å². The Hall–Kier alpha value is -2.02. The molecular formula is C17H40O10S2. The van der Waals surface area contributed by atoms with Gasteiger partial charge >= 0.3 is 0 Å². The highest BCUT2D eigenvalue weighted by molar-refractivity contribution is 8.13. The summed E-state index contributed by atoms with van der Waals surface area (Å²) in [5.74, 6) is 5.88. The molecule has 0 rings (SSSR count). The van der Waals surface area contributed by atoms with Gasteiger partial charge in [-0.3, -0.25) is 18.0 Å². The maximum absolute atomic E-state index is 10.4. The zero-order chi connectivity index (χ0) is 22.1. The van der Waals surface area contributed by atoms with Crippen molar-refractivity contribution in [2.75, 3.05) is 25.7 Å². The predicted molar refractivity (Wildman–Crippen MR) is 124 cm³/mol. The van der Waals surface area contributed by atoms with Crippen LogP contribution in [0, 0.1) is 0 Å². The lowest BCUT2D eigenvalue weighted by atomic mass is 10.8. The Morgan fingerprint density at radius 2 is 0.931 bits per heavy atom. The summed E-state index contributed by atoms with van der Waals surface area (Å²) in [6.07, 6.45) is 2.66. The Kier molecular flexibility index (Phi) is 37.8. The molecule has 0 aliphatic heterocycles. The van der Waals surface area contributed by atoms with E-state index in [1.54, 1.807) is 13.8 Å². The topological polar surface area (TPSA) is 190 Å². The summed E-state index contributed by atoms with van der Waals surface area (Å²) < 4.78 is 29.7. The summed E-state index contributed by atoms with van der Waals surface area (Å²) in [6, 6.07) is 0. The van der Waals surface area contributed by atoms with Gasteiger partial charge in [-0.1, -0.05) is 7.43 Å². The minimum absolute atomic E-state index is 0. The fraction of sp³-hybridized carbons (Fsp3) is 0.529. The van der Waals surface area contributed by atoms with Crippen molar-refractivity contribution in [3.05, 3.63) is 25.0 Å². The number of hydrogen-bond donors (Lipinski definition) is 2. The third kappa shape index (κ3) is 58.5. The molecule has 0 spiro atoms. The average molecular weight is 469 g/mol. The van der Waals surface area contributed by atoms with Crippen molar-refractivity contribution in [1.82, 2.24) is 0 Å². The van der Waals surface area contributed by atoms with Gasteiger partial charge in [0, 0.05) is 45.4 Å². The first-order valence-corrected chi connectivity index (χ1v) is 11.4. The van der Waals surface area contributed by atoms with Gasteiger partial charge in [-0.15, -0.1) is 0 Å². The number of rotatable bonds is 4. The van der Waals surface area contributed by atoms with Crippen LogP contribution in [-0.4, -0.2) is 77.3 Å². The molecular weight excluding hydrogens is 428 g/mol. The van der Waals surface area contributed by atoms with Crippen molar-refractivity contribution in [2.24, 2.45) is 0 Å². The van der Waals surface area contributed by atoms with Crippen molar-refractivity contribution >= 4 is 41.0 Å². The number of ether oxygens (including phenoxy) is 2. The van der Waals surface area contributed by atoms with Crippen LogP contribution < -0.4 is 0 Å². The molecule has 0 heterocycles. The molecule has 12 heteroatoms. The Morgan fingerprint density at radius 3 is 0.931 bits per heavy atom. The molecule has 0 amide bonds. The van der Waals surface area contributed by atoms with Crippen LogP contribution in [0.3, 0.4) is 0 Å². The molecule has 0 aliphatic rings. The fourth-order valence-electron chi connectivity index (χ4n) is 0.333. The van der Waals surface area contributed by atoms with Crippen LogP contribution >= 0.6 is 0 Å². The Morgan fingerprint density at radius 1 is 0.793 bits per heavy atom. The summed E-state index contributed by atoms with van der Waals surface area (Å²) in [5, 5.41) is 15.6. The van der Waals surface area contributed by atoms with Gasteiger partial charge in [0.2, 0.25) is 10.2 Å². The molecule has 0 radical (unpaired) electrons. The van der Waals surface area contributed by atoms with Gasteiger partial charge in [-0.05, 0) is 38.7 Å². The second-order valence-electron chi connectivity index (χ2n) is 4.65. The molecule has 10 nitrogen and oxygen atoms in total. The summed E-state index contributed by atoms with van der Waals surface area (Å²) in [5.41, 5.74) is 0. The molecule has 0 saturated carbocycles. The highest BCUT2D eigenvalue weighted by Gasteiger charge is 1.98. The zero-order valence-electron chi connectivity index (χ0n) is 17.4. The third-order valence-corrected chi connectivity index (χ3v) is 4.27. The molecule has 29 heavy (non-hydrogen) atoms. The van der Waals surface area contributed by atoms with Gasteiger partial charge in [-0.2, -0.15) is 0 Å². The van der Waals surface area contributed by atoms with Crippen LogP contribution in [0.5, 0.6) is 0 Å². The lowest BCUT2D eigenvalue weighted by molar-refractivity contribution is -0.110. The molecule has 0 aromatic rings. The number of carbonyl (C=O) groups is 2. The minimum atomic E-state index is -2.38. The van der Waals surface area contributed by atoms with E-state index < -0.39 is 19.0 Å². The monoisotopic (exact) mass is 468 g/mol. The van der Waals surface area contributed by atoms with Crippen LogP contribution in [0.4, 0.5) is 0 Å². The first-order valence-electron chi connectivity index (χ1n) is 7.10. The van der Waals surface area contributed by atoms with Crippen molar-refractivity contribution in [1.29, 1.82) is 0 Å². The van der Waals surface area contributed by atoms with E-state index in [9.17, 15) is 18.0 Å². The van der Waals surface area contributed by atoms with Gasteiger partial charge in [0.15, 0.2) is 0 Å². The van der Waals surface area contributed by atoms with E-state index in [-0.39, 0.29) is 40.5 Å². The van der Waals surface area contributed by atoms with Crippen LogP contribution in [0.15, 0.2) is 25.0 Å². The number of aliphatic hydroxyl groups excluding tert-OH is 2. The molecule has 180 valence electrons. The lowest BCUT2D eigenvalue weighted by Crippen LogP contribution is -2.06. The van der Waals surface area contributed by atoms with E-state index in [0.717, 1.165) is 0 Å². The molecule has 6 N–H and O–H groups in total. The maximum Gasteiger partial charge on any atom is 0.268 e. The van der Waals surface area contributed by atoms with Crippen LogP contribution in [0.25, 0.3) is 0 Å². The SMILES string of the molecule is C.C=C(O)OCC.C=C(O)OCC.C=S(C)(=O)C(C)=O.C=S(C)(=O)C(C)=O.O.O. The molecule has 0 saturated heterocycles. The van der Waals surface area contributed by atoms with Crippen LogP contribution in [-0.2, 0) is 38.1 Å². The Balaban J connectivity index is -0.0000000431. The van der Waals surface area contributed by atoms with Gasteiger partial charge in [0.05, 0.1) is 13.2 Å². The van der Waals surface area contributed by atoms with Gasteiger partial charge in [-0.25, -0.2) is 0 Å². The molecule has 0 aliphatic carbocycles. The zero-order valence-corrected chi connectivity index (χ0v) is 19.0. The van der Waals surface area contributed by atoms with Crippen molar-refractivity contribution in [3.8, 4) is 0 Å². The molecule has 0 aromatic carbocycles. The van der Waals surface area contributed by atoms with E-state index in [1.165, 1.54) is 26.4 Å². The molecule has 0 aromatic heterocycles. The summed E-state index contributed by atoms with van der Waals surface area (Å²) >= 11 is 0. The molecule has 0 bridgehead atoms. The summed E-state index contributed by atoms with van der Waals surface area (Å²) in [6.45, 7) is 13.2. The number of carbonyl (C=O) groups excluding carboxylic acids is 2. The first-order chi connectivity index (χ1) is 11.4. The highest BCUT2D eigenvalue weighted by Crippen LogP contribution is 1.82. The van der Waals surface area contributed by atoms with Gasteiger partial charge < -0.3 is 30.6 Å². The Bertz CT molecular complexity index is 590. The van der Waals surface area contributed by atoms with E-state index in [2.05, 4.69) is 34.4 Å². The van der Waals surface area contributed by atoms with E-state index in [0.29, 0.717) is 13.2 Å². The third-order valence-electron chi connectivity index (χ3n) is 1.84. The number of aliphatic hydroxyl groups is 2. The maximum atomic E-state index is 10.4. The van der Waals surface area contributed by atoms with Gasteiger partial charge in [0.25, 0.3) is 11.9 Å². The molecule has 2 atom stereocenters. The van der Waals surface area contributed by atoms with E-state index >= 15 is 0 Å². The number of hydrogen-bond acceptors (Lipinski definition) is 8. The second kappa shape index (κ2) is 24.0. The highest BCUT2D eigenvalue weighted by atomic mass is 32.2. The van der Waals surface area contributed by atoms with Gasteiger partial charge in [0.1, 0.15) is 0 Å². The largest absolute Gasteiger partial charge is 0.481 e. The Labute approximate surface area is 175 Å². The lowest BCUT2D eigenvalue weighted by Gasteiger charge is -1.93. The smallest absolute Gasteiger partial charge is 0.268 e. The predicted octanol–water partition coefficient (Wildman–Crippen LogP) is 0.849. The van der Waals surface area contributed by atoms with Crippen LogP contribution in [0.2, 0.25) is 0 Å². The van der Waals surface area contributed by atoms with Crippen LogP contribution in [0.1, 0.15) is 35.1 Å². The standard InChI is InChI=1S/2C4H8O2S.2C4H8O2.CH4.2H2O/c2*1-4(5)7(2,3)6;2*1-3-6-4(2)5;;;/h2*2H2,1,3H3;2*5H,2-3H2,1H3;1H4;2*1H2. The normalized spacial score (nSPS) is 11.8. The molecule has 0 fully saturated rings. The van der Waals surface area contributed by atoms with Crippen molar-refractivity contribution in [3.63, 3.8) is 0 Å². The second-order valence-corrected chi connectivity index (χ2v) is 9.82. The first kappa shape index (κ1) is 45.6. The van der Waals surface area contributed by atoms with E-state index in [4.69, 9.17) is 10.2 Å². The summed E-state index contributed by atoms with van der Waals surface area (Å²) in [7, 11) is -4.76.